The van der Waals surface area contributed by atoms with E-state index < -0.39 is 0 Å². The first-order chi connectivity index (χ1) is 11.1. The molecular formula is C19H21N3O. The minimum Gasteiger partial charge on any atom is -0.397 e. The van der Waals surface area contributed by atoms with Gasteiger partial charge in [-0.1, -0.05) is 43.3 Å². The monoisotopic (exact) mass is 307 g/mol. The van der Waals surface area contributed by atoms with E-state index in [1.807, 2.05) is 43.3 Å². The van der Waals surface area contributed by atoms with Gasteiger partial charge in [0, 0.05) is 24.6 Å². The predicted octanol–water partition coefficient (Wildman–Crippen LogP) is 3.28. The van der Waals surface area contributed by atoms with Crippen molar-refractivity contribution in [3.63, 3.8) is 0 Å². The van der Waals surface area contributed by atoms with E-state index in [4.69, 9.17) is 5.73 Å². The van der Waals surface area contributed by atoms with Gasteiger partial charge in [-0.25, -0.2) is 0 Å². The molecule has 4 heteroatoms. The van der Waals surface area contributed by atoms with E-state index in [0.717, 1.165) is 23.5 Å². The van der Waals surface area contributed by atoms with Crippen molar-refractivity contribution in [2.45, 2.75) is 19.9 Å². The SMILES string of the molecule is CC1CC(=O)CN=C1c1ccc(NCc2ccccc2)c(N)c1. The highest BCUT2D eigenvalue weighted by Crippen LogP contribution is 2.25. The van der Waals surface area contributed by atoms with Crippen LogP contribution in [0.1, 0.15) is 24.5 Å². The summed E-state index contributed by atoms with van der Waals surface area (Å²) in [5.74, 6) is 0.356. The smallest absolute Gasteiger partial charge is 0.154 e. The summed E-state index contributed by atoms with van der Waals surface area (Å²) >= 11 is 0. The zero-order chi connectivity index (χ0) is 16.2. The van der Waals surface area contributed by atoms with Crippen LogP contribution in [0.3, 0.4) is 0 Å². The highest BCUT2D eigenvalue weighted by molar-refractivity contribution is 6.07. The van der Waals surface area contributed by atoms with Gasteiger partial charge >= 0.3 is 0 Å². The minimum atomic E-state index is 0.152. The number of ketones is 1. The second-order valence-corrected chi connectivity index (χ2v) is 5.99. The summed E-state index contributed by atoms with van der Waals surface area (Å²) in [5.41, 5.74) is 11.0. The maximum absolute atomic E-state index is 11.4. The minimum absolute atomic E-state index is 0.152. The van der Waals surface area contributed by atoms with Crippen molar-refractivity contribution >= 4 is 22.9 Å². The molecule has 0 aromatic heterocycles. The van der Waals surface area contributed by atoms with Gasteiger partial charge in [0.05, 0.1) is 17.9 Å². The molecule has 118 valence electrons. The average Bonchev–Trinajstić information content (AvgIpc) is 2.55. The highest BCUT2D eigenvalue weighted by Gasteiger charge is 2.21. The highest BCUT2D eigenvalue weighted by atomic mass is 16.1. The molecule has 1 unspecified atom stereocenters. The topological polar surface area (TPSA) is 67.5 Å². The average molecular weight is 307 g/mol. The van der Waals surface area contributed by atoms with Gasteiger partial charge in [-0.05, 0) is 23.3 Å². The summed E-state index contributed by atoms with van der Waals surface area (Å²) in [6.07, 6.45) is 0.562. The van der Waals surface area contributed by atoms with Crippen LogP contribution in [0, 0.1) is 5.92 Å². The summed E-state index contributed by atoms with van der Waals surface area (Å²) in [6.45, 7) is 3.05. The van der Waals surface area contributed by atoms with E-state index in [9.17, 15) is 4.79 Å². The summed E-state index contributed by atoms with van der Waals surface area (Å²) in [6, 6.07) is 16.1. The second kappa shape index (κ2) is 6.65. The standard InChI is InChI=1S/C19H21N3O/c1-13-9-16(23)12-22-19(13)15-7-8-18(17(20)10-15)21-11-14-5-3-2-4-6-14/h2-8,10,13,21H,9,11-12,20H2,1H3. The Morgan fingerprint density at radius 2 is 2.00 bits per heavy atom. The van der Waals surface area contributed by atoms with E-state index in [-0.39, 0.29) is 18.2 Å². The number of nitrogens with one attached hydrogen (secondary N) is 1. The molecule has 1 aliphatic heterocycles. The number of carbonyl (C=O) groups is 1. The number of nitrogen functional groups attached to an aromatic ring is 1. The number of Topliss-reactive ketones (excluding diaryl/α,β-unsaturated/α-hetero) is 1. The first-order valence-electron chi connectivity index (χ1n) is 7.87. The Morgan fingerprint density at radius 3 is 2.70 bits per heavy atom. The number of carbonyl (C=O) groups excluding carboxylic acids is 1. The second-order valence-electron chi connectivity index (χ2n) is 5.99. The number of rotatable bonds is 4. The molecule has 2 aromatic rings. The predicted molar refractivity (Wildman–Crippen MR) is 94.8 cm³/mol. The fourth-order valence-corrected chi connectivity index (χ4v) is 2.88. The molecule has 2 aromatic carbocycles. The number of anilines is 2. The van der Waals surface area contributed by atoms with Crippen LogP contribution >= 0.6 is 0 Å². The number of aliphatic imine (C=N–C) groups is 1. The van der Waals surface area contributed by atoms with Crippen molar-refractivity contribution in [1.82, 2.24) is 0 Å². The zero-order valence-electron chi connectivity index (χ0n) is 13.3. The summed E-state index contributed by atoms with van der Waals surface area (Å²) in [5, 5.41) is 3.36. The molecule has 3 N–H and O–H groups in total. The van der Waals surface area contributed by atoms with Crippen LogP contribution in [0.25, 0.3) is 0 Å². The molecule has 23 heavy (non-hydrogen) atoms. The number of hydrogen-bond donors (Lipinski definition) is 2. The normalized spacial score (nSPS) is 17.7. The molecule has 0 saturated heterocycles. The van der Waals surface area contributed by atoms with Crippen molar-refractivity contribution in [2.24, 2.45) is 10.9 Å². The van der Waals surface area contributed by atoms with Gasteiger partial charge in [0.1, 0.15) is 0 Å². The molecule has 0 saturated carbocycles. The maximum Gasteiger partial charge on any atom is 0.154 e. The Bertz CT molecular complexity index is 738. The van der Waals surface area contributed by atoms with Gasteiger partial charge in [-0.2, -0.15) is 0 Å². The van der Waals surface area contributed by atoms with E-state index in [0.29, 0.717) is 12.1 Å². The van der Waals surface area contributed by atoms with Gasteiger partial charge < -0.3 is 11.1 Å². The lowest BCUT2D eigenvalue weighted by Gasteiger charge is -2.20. The van der Waals surface area contributed by atoms with Crippen LogP contribution in [0.15, 0.2) is 53.5 Å². The van der Waals surface area contributed by atoms with Crippen LogP contribution in [0.2, 0.25) is 0 Å². The lowest BCUT2D eigenvalue weighted by atomic mass is 9.91. The fourth-order valence-electron chi connectivity index (χ4n) is 2.88. The number of hydrogen-bond acceptors (Lipinski definition) is 4. The van der Waals surface area contributed by atoms with Crippen LogP contribution in [0.4, 0.5) is 11.4 Å². The molecule has 1 aliphatic rings. The zero-order valence-corrected chi connectivity index (χ0v) is 13.3. The van der Waals surface area contributed by atoms with Gasteiger partial charge in [0.15, 0.2) is 5.78 Å². The summed E-state index contributed by atoms with van der Waals surface area (Å²) in [7, 11) is 0. The van der Waals surface area contributed by atoms with E-state index >= 15 is 0 Å². The molecule has 0 aliphatic carbocycles. The third-order valence-corrected chi connectivity index (χ3v) is 4.10. The first-order valence-corrected chi connectivity index (χ1v) is 7.87. The van der Waals surface area contributed by atoms with Crippen LogP contribution in [-0.4, -0.2) is 18.0 Å². The number of nitrogens with two attached hydrogens (primary N) is 1. The molecule has 0 radical (unpaired) electrons. The van der Waals surface area contributed by atoms with Crippen LogP contribution in [0.5, 0.6) is 0 Å². The van der Waals surface area contributed by atoms with Gasteiger partial charge in [0.25, 0.3) is 0 Å². The molecule has 3 rings (SSSR count). The largest absolute Gasteiger partial charge is 0.397 e. The first kappa shape index (κ1) is 15.3. The molecule has 0 spiro atoms. The third-order valence-electron chi connectivity index (χ3n) is 4.10. The molecule has 1 atom stereocenters. The molecule has 4 nitrogen and oxygen atoms in total. The van der Waals surface area contributed by atoms with Gasteiger partial charge in [0.2, 0.25) is 0 Å². The summed E-state index contributed by atoms with van der Waals surface area (Å²) < 4.78 is 0. The Kier molecular flexibility index (Phi) is 4.42. The van der Waals surface area contributed by atoms with Crippen molar-refractivity contribution in [3.05, 3.63) is 59.7 Å². The maximum atomic E-state index is 11.4. The van der Waals surface area contributed by atoms with Crippen LogP contribution in [-0.2, 0) is 11.3 Å². The summed E-state index contributed by atoms with van der Waals surface area (Å²) in [4.78, 5) is 15.9. The Balaban J connectivity index is 1.74. The van der Waals surface area contributed by atoms with E-state index in [1.54, 1.807) is 0 Å². The molecule has 0 amide bonds. The Labute approximate surface area is 136 Å². The molecule has 0 bridgehead atoms. The number of nitrogens with zero attached hydrogens (tertiary/aromatic N) is 1. The lowest BCUT2D eigenvalue weighted by molar-refractivity contribution is -0.118. The third kappa shape index (κ3) is 3.59. The van der Waals surface area contributed by atoms with Crippen LogP contribution < -0.4 is 11.1 Å². The van der Waals surface area contributed by atoms with Gasteiger partial charge in [-0.3, -0.25) is 9.79 Å². The molecule has 0 fully saturated rings. The molecular weight excluding hydrogens is 286 g/mol. The van der Waals surface area contributed by atoms with Crippen molar-refractivity contribution < 1.29 is 4.79 Å². The Hall–Kier alpha value is -2.62. The number of benzene rings is 2. The van der Waals surface area contributed by atoms with Crippen molar-refractivity contribution in [1.29, 1.82) is 0 Å². The van der Waals surface area contributed by atoms with Crippen molar-refractivity contribution in [2.75, 3.05) is 17.6 Å². The van der Waals surface area contributed by atoms with Gasteiger partial charge in [-0.15, -0.1) is 0 Å². The lowest BCUT2D eigenvalue weighted by Crippen LogP contribution is -2.24. The molecule has 1 heterocycles. The van der Waals surface area contributed by atoms with Crippen molar-refractivity contribution in [3.8, 4) is 0 Å². The van der Waals surface area contributed by atoms with E-state index in [1.165, 1.54) is 5.56 Å². The Morgan fingerprint density at radius 1 is 1.22 bits per heavy atom. The fraction of sp³-hybridized carbons (Fsp3) is 0.263. The quantitative estimate of drug-likeness (QED) is 0.852. The van der Waals surface area contributed by atoms with E-state index in [2.05, 4.69) is 22.4 Å².